The number of rotatable bonds is 3. The molecule has 78 valence electrons. The van der Waals surface area contributed by atoms with Crippen molar-refractivity contribution in [1.82, 2.24) is 0 Å². The summed E-state index contributed by atoms with van der Waals surface area (Å²) >= 11 is 0. The van der Waals surface area contributed by atoms with Crippen molar-refractivity contribution in [2.24, 2.45) is 0 Å². The van der Waals surface area contributed by atoms with Crippen molar-refractivity contribution in [3.8, 4) is 0 Å². The normalized spacial score (nSPS) is 9.50. The average Bonchev–Trinajstić information content (AvgIpc) is 2.85. The Hall–Kier alpha value is -2.45. The number of hydrogen-bond donors (Lipinski definition) is 0. The zero-order chi connectivity index (χ0) is 11.4. The topological polar surface area (TPSA) is 66.6 Å². The maximum absolute atomic E-state index is 11.9. The smallest absolute Gasteiger partial charge is 0.373 e. The van der Waals surface area contributed by atoms with E-state index in [1.54, 1.807) is 30.3 Å². The molecule has 0 radical (unpaired) electrons. The molecule has 0 atom stereocenters. The minimum atomic E-state index is -0.446. The first-order valence-corrected chi connectivity index (χ1v) is 4.68. The summed E-state index contributed by atoms with van der Waals surface area (Å²) in [5.41, 5.74) is 9.39. The van der Waals surface area contributed by atoms with E-state index in [1.165, 1.54) is 12.3 Å². The summed E-state index contributed by atoms with van der Waals surface area (Å²) in [7, 11) is 0. The highest BCUT2D eigenvalue weighted by atomic mass is 16.3. The van der Waals surface area contributed by atoms with E-state index in [0.29, 0.717) is 5.56 Å². The van der Waals surface area contributed by atoms with Gasteiger partial charge in [0.2, 0.25) is 0 Å². The first-order chi connectivity index (χ1) is 7.83. The molecule has 4 nitrogen and oxygen atoms in total. The fourth-order valence-electron chi connectivity index (χ4n) is 1.35. The summed E-state index contributed by atoms with van der Waals surface area (Å²) < 4.78 is 4.96. The molecular weight excluding hydrogens is 204 g/mol. The van der Waals surface area contributed by atoms with Crippen molar-refractivity contribution in [3.05, 3.63) is 65.6 Å². The molecular formula is C12H8N2O2. The van der Waals surface area contributed by atoms with Crippen molar-refractivity contribution < 1.29 is 14.0 Å². The number of benzene rings is 1. The Morgan fingerprint density at radius 2 is 1.88 bits per heavy atom. The predicted octanol–water partition coefficient (Wildman–Crippen LogP) is 2.18. The van der Waals surface area contributed by atoms with Gasteiger partial charge >= 0.3 is 11.5 Å². The molecule has 0 bridgehead atoms. The van der Waals surface area contributed by atoms with Crippen molar-refractivity contribution in [1.29, 1.82) is 0 Å². The van der Waals surface area contributed by atoms with Gasteiger partial charge in [-0.3, -0.25) is 4.79 Å². The molecule has 2 aromatic rings. The Balaban J connectivity index is 2.40. The lowest BCUT2D eigenvalue weighted by Gasteiger charge is -1.93. The number of carbonyl (C=O) groups is 1. The number of hydrogen-bond acceptors (Lipinski definition) is 2. The summed E-state index contributed by atoms with van der Waals surface area (Å²) in [5.74, 6) is -0.296. The largest absolute Gasteiger partial charge is 0.461 e. The second kappa shape index (κ2) is 4.38. The van der Waals surface area contributed by atoms with E-state index < -0.39 is 5.78 Å². The first-order valence-electron chi connectivity index (χ1n) is 4.68. The van der Waals surface area contributed by atoms with Gasteiger partial charge in [-0.1, -0.05) is 18.2 Å². The molecule has 0 aliphatic rings. The molecule has 1 aromatic carbocycles. The number of nitrogens with zero attached hydrogens (tertiary/aromatic N) is 2. The molecule has 0 aliphatic carbocycles. The van der Waals surface area contributed by atoms with E-state index in [9.17, 15) is 4.79 Å². The zero-order valence-corrected chi connectivity index (χ0v) is 8.33. The third-order valence-corrected chi connectivity index (χ3v) is 2.11. The van der Waals surface area contributed by atoms with E-state index in [-0.39, 0.29) is 11.5 Å². The highest BCUT2D eigenvalue weighted by molar-refractivity contribution is 6.48. The van der Waals surface area contributed by atoms with Crippen molar-refractivity contribution in [2.45, 2.75) is 0 Å². The third kappa shape index (κ3) is 1.82. The SMILES string of the molecule is [N-]=[N+]=C(C(=O)c1ccco1)c1ccccc1. The minimum Gasteiger partial charge on any atom is -0.461 e. The van der Waals surface area contributed by atoms with E-state index in [0.717, 1.165) is 0 Å². The minimum absolute atomic E-state index is 0.0319. The summed E-state index contributed by atoms with van der Waals surface area (Å²) in [4.78, 5) is 14.9. The van der Waals surface area contributed by atoms with Crippen LogP contribution >= 0.6 is 0 Å². The molecule has 0 saturated heterocycles. The van der Waals surface area contributed by atoms with Crippen LogP contribution < -0.4 is 0 Å². The molecule has 0 aliphatic heterocycles. The van der Waals surface area contributed by atoms with E-state index >= 15 is 0 Å². The van der Waals surface area contributed by atoms with Crippen LogP contribution in [0, 0.1) is 0 Å². The van der Waals surface area contributed by atoms with Gasteiger partial charge in [-0.2, -0.15) is 4.79 Å². The molecule has 1 heterocycles. The molecule has 0 N–H and O–H groups in total. The second-order valence-electron chi connectivity index (χ2n) is 3.12. The maximum Gasteiger partial charge on any atom is 0.373 e. The molecule has 0 amide bonds. The molecule has 1 aromatic heterocycles. The van der Waals surface area contributed by atoms with Crippen LogP contribution in [0.25, 0.3) is 5.53 Å². The lowest BCUT2D eigenvalue weighted by Crippen LogP contribution is -2.16. The Morgan fingerprint density at radius 1 is 1.12 bits per heavy atom. The van der Waals surface area contributed by atoms with Gasteiger partial charge in [-0.05, 0) is 24.3 Å². The van der Waals surface area contributed by atoms with Gasteiger partial charge in [0.15, 0.2) is 5.76 Å². The Morgan fingerprint density at radius 3 is 2.44 bits per heavy atom. The molecule has 2 rings (SSSR count). The monoisotopic (exact) mass is 212 g/mol. The van der Waals surface area contributed by atoms with Crippen LogP contribution in [0.3, 0.4) is 0 Å². The summed E-state index contributed by atoms with van der Waals surface area (Å²) in [6.45, 7) is 0. The van der Waals surface area contributed by atoms with Gasteiger partial charge in [0.25, 0.3) is 0 Å². The van der Waals surface area contributed by atoms with Crippen LogP contribution in [0.4, 0.5) is 0 Å². The fourth-order valence-corrected chi connectivity index (χ4v) is 1.35. The van der Waals surface area contributed by atoms with Gasteiger partial charge in [0, 0.05) is 0 Å². The van der Waals surface area contributed by atoms with Gasteiger partial charge in [-0.15, -0.1) is 0 Å². The van der Waals surface area contributed by atoms with Crippen LogP contribution in [0.15, 0.2) is 53.1 Å². The van der Waals surface area contributed by atoms with Crippen LogP contribution in [0.1, 0.15) is 16.1 Å². The number of furan rings is 1. The van der Waals surface area contributed by atoms with Crippen LogP contribution in [-0.4, -0.2) is 16.3 Å². The number of carbonyl (C=O) groups excluding carboxylic acids is 1. The summed E-state index contributed by atoms with van der Waals surface area (Å²) in [5, 5.41) is 0. The van der Waals surface area contributed by atoms with Gasteiger partial charge < -0.3 is 9.95 Å². The predicted molar refractivity (Wildman–Crippen MR) is 57.2 cm³/mol. The van der Waals surface area contributed by atoms with E-state index in [1.807, 2.05) is 6.07 Å². The lowest BCUT2D eigenvalue weighted by molar-refractivity contribution is -0.00523. The van der Waals surface area contributed by atoms with Crippen LogP contribution in [-0.2, 0) is 0 Å². The Kier molecular flexibility index (Phi) is 2.76. The van der Waals surface area contributed by atoms with Crippen molar-refractivity contribution in [3.63, 3.8) is 0 Å². The van der Waals surface area contributed by atoms with E-state index in [2.05, 4.69) is 4.79 Å². The molecule has 0 spiro atoms. The van der Waals surface area contributed by atoms with Crippen molar-refractivity contribution in [2.75, 3.05) is 0 Å². The van der Waals surface area contributed by atoms with Gasteiger partial charge in [0.1, 0.15) is 0 Å². The zero-order valence-electron chi connectivity index (χ0n) is 8.33. The van der Waals surface area contributed by atoms with Crippen LogP contribution in [0.5, 0.6) is 0 Å². The molecule has 0 saturated carbocycles. The fraction of sp³-hybridized carbons (Fsp3) is 0. The van der Waals surface area contributed by atoms with Crippen molar-refractivity contribution >= 4 is 11.5 Å². The second-order valence-corrected chi connectivity index (χ2v) is 3.12. The quantitative estimate of drug-likeness (QED) is 0.338. The molecule has 0 fully saturated rings. The summed E-state index contributed by atoms with van der Waals surface area (Å²) in [6, 6.07) is 11.8. The van der Waals surface area contributed by atoms with Crippen LogP contribution in [0.2, 0.25) is 0 Å². The van der Waals surface area contributed by atoms with Gasteiger partial charge in [-0.25, -0.2) is 0 Å². The molecule has 0 unspecified atom stereocenters. The van der Waals surface area contributed by atoms with E-state index in [4.69, 9.17) is 9.95 Å². The average molecular weight is 212 g/mol. The highest BCUT2D eigenvalue weighted by Gasteiger charge is 2.26. The number of ketones is 1. The first kappa shape index (κ1) is 10.1. The Labute approximate surface area is 91.8 Å². The molecule has 4 heteroatoms. The van der Waals surface area contributed by atoms with Gasteiger partial charge in [0.05, 0.1) is 11.8 Å². The lowest BCUT2D eigenvalue weighted by atomic mass is 10.1. The number of Topliss-reactive ketones (excluding diaryl/α,β-unsaturated/α-hetero) is 1. The highest BCUT2D eigenvalue weighted by Crippen LogP contribution is 2.07. The summed E-state index contributed by atoms with van der Waals surface area (Å²) in [6.07, 6.45) is 1.40. The standard InChI is InChI=1S/C12H8N2O2/c13-14-11(9-5-2-1-3-6-9)12(15)10-7-4-8-16-10/h1-8H. The third-order valence-electron chi connectivity index (χ3n) is 2.11. The Bertz CT molecular complexity index is 538. The molecule has 16 heavy (non-hydrogen) atoms. The maximum atomic E-state index is 11.9.